The maximum Gasteiger partial charge on any atom is 0.216 e. The Morgan fingerprint density at radius 2 is 2.38 bits per heavy atom. The van der Waals surface area contributed by atoms with Crippen molar-refractivity contribution < 1.29 is 9.84 Å². The molecule has 3 heteroatoms. The fourth-order valence-electron chi connectivity index (χ4n) is 1.16. The summed E-state index contributed by atoms with van der Waals surface area (Å²) in [6.07, 6.45) is 2.96. The van der Waals surface area contributed by atoms with Crippen molar-refractivity contribution in [2.24, 2.45) is 0 Å². The van der Waals surface area contributed by atoms with E-state index >= 15 is 0 Å². The average molecular weight is 181 g/mol. The summed E-state index contributed by atoms with van der Waals surface area (Å²) >= 11 is 0. The lowest BCUT2D eigenvalue weighted by Gasteiger charge is -2.07. The monoisotopic (exact) mass is 181 g/mol. The normalized spacial score (nSPS) is 12.5. The molecule has 13 heavy (non-hydrogen) atoms. The van der Waals surface area contributed by atoms with Crippen LogP contribution < -0.4 is 4.74 Å². The molecule has 0 aliphatic heterocycles. The van der Waals surface area contributed by atoms with E-state index < -0.39 is 0 Å². The molecule has 1 heterocycles. The fourth-order valence-corrected chi connectivity index (χ4v) is 1.16. The molecule has 0 aliphatic carbocycles. The first kappa shape index (κ1) is 9.99. The van der Waals surface area contributed by atoms with Gasteiger partial charge < -0.3 is 9.84 Å². The van der Waals surface area contributed by atoms with E-state index in [9.17, 15) is 0 Å². The molecule has 0 aliphatic rings. The molecule has 0 unspecified atom stereocenters. The van der Waals surface area contributed by atoms with Crippen molar-refractivity contribution in [2.75, 3.05) is 7.11 Å². The Balaban J connectivity index is 2.64. The van der Waals surface area contributed by atoms with Crippen molar-refractivity contribution in [1.82, 2.24) is 4.98 Å². The van der Waals surface area contributed by atoms with Crippen LogP contribution in [0.25, 0.3) is 0 Å². The first-order chi connectivity index (χ1) is 6.24. The molecule has 3 nitrogen and oxygen atoms in total. The summed E-state index contributed by atoms with van der Waals surface area (Å²) in [6, 6.07) is 3.84. The first-order valence-electron chi connectivity index (χ1n) is 4.40. The number of ether oxygens (including phenoxy) is 1. The summed E-state index contributed by atoms with van der Waals surface area (Å²) in [6.45, 7) is 1.78. The van der Waals surface area contributed by atoms with E-state index in [1.807, 2.05) is 12.1 Å². The topological polar surface area (TPSA) is 42.4 Å². The molecule has 0 saturated heterocycles. The summed E-state index contributed by atoms with van der Waals surface area (Å²) in [5, 5.41) is 9.12. The van der Waals surface area contributed by atoms with Crippen LogP contribution in [-0.2, 0) is 6.42 Å². The minimum atomic E-state index is -0.273. The highest BCUT2D eigenvalue weighted by Crippen LogP contribution is 2.15. The van der Waals surface area contributed by atoms with Gasteiger partial charge in [-0.15, -0.1) is 0 Å². The van der Waals surface area contributed by atoms with Gasteiger partial charge in [0.2, 0.25) is 5.88 Å². The number of nitrogens with zero attached hydrogens (tertiary/aromatic N) is 1. The van der Waals surface area contributed by atoms with Crippen molar-refractivity contribution in [1.29, 1.82) is 0 Å². The Morgan fingerprint density at radius 1 is 1.62 bits per heavy atom. The maximum atomic E-state index is 9.12. The molecule has 0 aromatic carbocycles. The van der Waals surface area contributed by atoms with Gasteiger partial charge in [0, 0.05) is 11.8 Å². The van der Waals surface area contributed by atoms with Crippen LogP contribution in [0.15, 0.2) is 18.3 Å². The SMILES string of the molecule is COc1ncccc1CC[C@@H](C)O. The van der Waals surface area contributed by atoms with Gasteiger partial charge in [-0.2, -0.15) is 0 Å². The number of rotatable bonds is 4. The molecule has 1 atom stereocenters. The zero-order chi connectivity index (χ0) is 9.68. The number of methoxy groups -OCH3 is 1. The molecular formula is C10H15NO2. The largest absolute Gasteiger partial charge is 0.481 e. The second kappa shape index (κ2) is 4.82. The van der Waals surface area contributed by atoms with Gasteiger partial charge in [0.05, 0.1) is 13.2 Å². The summed E-state index contributed by atoms with van der Waals surface area (Å²) in [4.78, 5) is 4.07. The van der Waals surface area contributed by atoms with E-state index in [0.29, 0.717) is 5.88 Å². The van der Waals surface area contributed by atoms with E-state index in [0.717, 1.165) is 18.4 Å². The summed E-state index contributed by atoms with van der Waals surface area (Å²) < 4.78 is 5.08. The Morgan fingerprint density at radius 3 is 3.00 bits per heavy atom. The van der Waals surface area contributed by atoms with Gasteiger partial charge in [0.1, 0.15) is 0 Å². The van der Waals surface area contributed by atoms with Crippen LogP contribution in [-0.4, -0.2) is 23.3 Å². The highest BCUT2D eigenvalue weighted by atomic mass is 16.5. The molecule has 0 spiro atoms. The highest BCUT2D eigenvalue weighted by molar-refractivity contribution is 5.25. The van der Waals surface area contributed by atoms with E-state index in [4.69, 9.17) is 9.84 Å². The van der Waals surface area contributed by atoms with Gasteiger partial charge in [-0.3, -0.25) is 0 Å². The van der Waals surface area contributed by atoms with Gasteiger partial charge in [0.25, 0.3) is 0 Å². The Kier molecular flexibility index (Phi) is 3.71. The lowest BCUT2D eigenvalue weighted by atomic mass is 10.1. The highest BCUT2D eigenvalue weighted by Gasteiger charge is 2.04. The Labute approximate surface area is 78.4 Å². The summed E-state index contributed by atoms with van der Waals surface area (Å²) in [5.74, 6) is 0.656. The van der Waals surface area contributed by atoms with Crippen LogP contribution in [0.3, 0.4) is 0 Å². The van der Waals surface area contributed by atoms with Crippen LogP contribution in [0, 0.1) is 0 Å². The molecule has 1 aromatic rings. The third-order valence-corrected chi connectivity index (χ3v) is 1.87. The molecular weight excluding hydrogens is 166 g/mol. The van der Waals surface area contributed by atoms with Gasteiger partial charge >= 0.3 is 0 Å². The number of hydrogen-bond donors (Lipinski definition) is 1. The predicted octanol–water partition coefficient (Wildman–Crippen LogP) is 1.40. The smallest absolute Gasteiger partial charge is 0.216 e. The maximum absolute atomic E-state index is 9.12. The van der Waals surface area contributed by atoms with E-state index in [2.05, 4.69) is 4.98 Å². The van der Waals surface area contributed by atoms with Crippen LogP contribution in [0.1, 0.15) is 18.9 Å². The fraction of sp³-hybridized carbons (Fsp3) is 0.500. The molecule has 1 rings (SSSR count). The second-order valence-corrected chi connectivity index (χ2v) is 3.06. The van der Waals surface area contributed by atoms with Crippen molar-refractivity contribution >= 4 is 0 Å². The number of aryl methyl sites for hydroxylation is 1. The van der Waals surface area contributed by atoms with Gasteiger partial charge in [-0.25, -0.2) is 4.98 Å². The van der Waals surface area contributed by atoms with E-state index in [1.54, 1.807) is 20.2 Å². The quantitative estimate of drug-likeness (QED) is 0.763. The molecule has 1 N–H and O–H groups in total. The van der Waals surface area contributed by atoms with Crippen molar-refractivity contribution in [2.45, 2.75) is 25.9 Å². The number of hydrogen-bond acceptors (Lipinski definition) is 3. The van der Waals surface area contributed by atoms with Gasteiger partial charge in [-0.1, -0.05) is 6.07 Å². The zero-order valence-electron chi connectivity index (χ0n) is 8.03. The molecule has 0 radical (unpaired) electrons. The first-order valence-corrected chi connectivity index (χ1v) is 4.40. The Bertz CT molecular complexity index is 261. The van der Waals surface area contributed by atoms with E-state index in [1.165, 1.54) is 0 Å². The number of pyridine rings is 1. The minimum Gasteiger partial charge on any atom is -0.481 e. The van der Waals surface area contributed by atoms with Crippen molar-refractivity contribution in [3.8, 4) is 5.88 Å². The van der Waals surface area contributed by atoms with Crippen LogP contribution in [0.2, 0.25) is 0 Å². The van der Waals surface area contributed by atoms with Gasteiger partial charge in [-0.05, 0) is 25.8 Å². The Hall–Kier alpha value is -1.09. The number of aromatic nitrogens is 1. The predicted molar refractivity (Wildman–Crippen MR) is 50.8 cm³/mol. The number of aliphatic hydroxyl groups excluding tert-OH is 1. The molecule has 0 bridgehead atoms. The molecule has 72 valence electrons. The van der Waals surface area contributed by atoms with Crippen molar-refractivity contribution in [3.63, 3.8) is 0 Å². The third kappa shape index (κ3) is 3.03. The van der Waals surface area contributed by atoms with Crippen LogP contribution >= 0.6 is 0 Å². The second-order valence-electron chi connectivity index (χ2n) is 3.06. The summed E-state index contributed by atoms with van der Waals surface area (Å²) in [5.41, 5.74) is 1.05. The molecule has 0 fully saturated rings. The summed E-state index contributed by atoms with van der Waals surface area (Å²) in [7, 11) is 1.61. The number of aliphatic hydroxyl groups is 1. The molecule has 0 amide bonds. The van der Waals surface area contributed by atoms with E-state index in [-0.39, 0.29) is 6.10 Å². The van der Waals surface area contributed by atoms with Crippen LogP contribution in [0.5, 0.6) is 5.88 Å². The van der Waals surface area contributed by atoms with Crippen molar-refractivity contribution in [3.05, 3.63) is 23.9 Å². The third-order valence-electron chi connectivity index (χ3n) is 1.87. The molecule has 0 saturated carbocycles. The van der Waals surface area contributed by atoms with Gasteiger partial charge in [0.15, 0.2) is 0 Å². The lowest BCUT2D eigenvalue weighted by molar-refractivity contribution is 0.184. The lowest BCUT2D eigenvalue weighted by Crippen LogP contribution is -2.03. The minimum absolute atomic E-state index is 0.273. The van der Waals surface area contributed by atoms with Crippen LogP contribution in [0.4, 0.5) is 0 Å². The standard InChI is InChI=1S/C10H15NO2/c1-8(12)5-6-9-4-3-7-11-10(9)13-2/h3-4,7-8,12H,5-6H2,1-2H3/t8-/m1/s1. The average Bonchev–Trinajstić information content (AvgIpc) is 2.15. The molecule has 1 aromatic heterocycles. The zero-order valence-corrected chi connectivity index (χ0v) is 8.03.